The van der Waals surface area contributed by atoms with Crippen LogP contribution in [-0.4, -0.2) is 29.4 Å². The zero-order valence-electron chi connectivity index (χ0n) is 13.0. The molecule has 2 aromatic rings. The van der Waals surface area contributed by atoms with Gasteiger partial charge in [-0.15, -0.1) is 0 Å². The van der Waals surface area contributed by atoms with Crippen LogP contribution in [0.3, 0.4) is 0 Å². The Labute approximate surface area is 130 Å². The van der Waals surface area contributed by atoms with Crippen LogP contribution in [0.4, 0.5) is 0 Å². The Hall–Kier alpha value is -2.61. The highest BCUT2D eigenvalue weighted by atomic mass is 16.4. The summed E-state index contributed by atoms with van der Waals surface area (Å²) in [4.78, 5) is 18.2. The van der Waals surface area contributed by atoms with Gasteiger partial charge in [-0.1, -0.05) is 18.2 Å². The van der Waals surface area contributed by atoms with Crippen LogP contribution in [0, 0.1) is 24.2 Å². The Kier molecular flexibility index (Phi) is 4.95. The maximum absolute atomic E-state index is 12.2. The molecule has 0 aliphatic heterocycles. The number of likely N-dealkylation sites (N-methyl/N-ethyl adjacent to an activating group) is 1. The number of benzene rings is 1. The second-order valence-corrected chi connectivity index (χ2v) is 5.37. The fourth-order valence-electron chi connectivity index (χ4n) is 2.13. The molecule has 0 fully saturated rings. The van der Waals surface area contributed by atoms with E-state index in [1.165, 1.54) is 0 Å². The molecule has 0 aliphatic rings. The summed E-state index contributed by atoms with van der Waals surface area (Å²) in [6.07, 6.45) is 0.177. The first-order valence-corrected chi connectivity index (χ1v) is 7.16. The number of aromatic nitrogens is 1. The number of aryl methyl sites for hydroxylation is 1. The lowest BCUT2D eigenvalue weighted by atomic mass is 10.2. The molecule has 5 nitrogen and oxygen atoms in total. The van der Waals surface area contributed by atoms with Crippen molar-refractivity contribution in [2.45, 2.75) is 20.3 Å². The van der Waals surface area contributed by atoms with E-state index in [0.29, 0.717) is 23.9 Å². The first kappa shape index (κ1) is 15.8. The molecule has 0 unspecified atom stereocenters. The summed E-state index contributed by atoms with van der Waals surface area (Å²) in [5, 5.41) is 8.81. The summed E-state index contributed by atoms with van der Waals surface area (Å²) in [5.41, 5.74) is 1.52. The minimum Gasteiger partial charge on any atom is -0.441 e. The molecule has 1 aromatic heterocycles. The van der Waals surface area contributed by atoms with Crippen LogP contribution in [0.5, 0.6) is 0 Å². The average molecular weight is 297 g/mol. The fourth-order valence-corrected chi connectivity index (χ4v) is 2.13. The average Bonchev–Trinajstić information content (AvgIpc) is 2.89. The van der Waals surface area contributed by atoms with Crippen molar-refractivity contribution in [1.82, 2.24) is 9.88 Å². The topological polar surface area (TPSA) is 70.1 Å². The molecule has 1 heterocycles. The molecule has 5 heteroatoms. The zero-order chi connectivity index (χ0) is 16.1. The van der Waals surface area contributed by atoms with Crippen molar-refractivity contribution in [3.8, 4) is 17.5 Å². The van der Waals surface area contributed by atoms with Gasteiger partial charge in [0.2, 0.25) is 11.8 Å². The number of carbonyl (C=O) groups excluding carboxylic acids is 1. The minimum atomic E-state index is -0.188. The second kappa shape index (κ2) is 6.90. The third kappa shape index (κ3) is 3.73. The molecule has 1 atom stereocenters. The predicted octanol–water partition coefficient (Wildman–Crippen LogP) is 2.81. The van der Waals surface area contributed by atoms with E-state index in [-0.39, 0.29) is 18.2 Å². The summed E-state index contributed by atoms with van der Waals surface area (Å²) in [6, 6.07) is 11.7. The quantitative estimate of drug-likeness (QED) is 0.851. The Bertz CT molecular complexity index is 686. The highest BCUT2D eigenvalue weighted by Crippen LogP contribution is 2.21. The monoisotopic (exact) mass is 297 g/mol. The molecule has 0 saturated heterocycles. The van der Waals surface area contributed by atoms with E-state index in [0.717, 1.165) is 5.56 Å². The third-order valence-electron chi connectivity index (χ3n) is 3.43. The van der Waals surface area contributed by atoms with Gasteiger partial charge in [-0.25, -0.2) is 4.98 Å². The Morgan fingerprint density at radius 1 is 1.41 bits per heavy atom. The summed E-state index contributed by atoms with van der Waals surface area (Å²) in [7, 11) is 1.70. The van der Waals surface area contributed by atoms with E-state index in [1.807, 2.05) is 30.3 Å². The van der Waals surface area contributed by atoms with Crippen LogP contribution in [0.25, 0.3) is 11.5 Å². The number of hydrogen-bond donors (Lipinski definition) is 0. The van der Waals surface area contributed by atoms with E-state index in [1.54, 1.807) is 25.8 Å². The lowest BCUT2D eigenvalue weighted by Crippen LogP contribution is -2.32. The van der Waals surface area contributed by atoms with Gasteiger partial charge in [0.05, 0.1) is 24.1 Å². The molecule has 0 radical (unpaired) electrons. The van der Waals surface area contributed by atoms with Crippen molar-refractivity contribution in [2.24, 2.45) is 5.92 Å². The maximum atomic E-state index is 12.2. The lowest BCUT2D eigenvalue weighted by molar-refractivity contribution is -0.129. The van der Waals surface area contributed by atoms with Gasteiger partial charge in [-0.05, 0) is 26.0 Å². The van der Waals surface area contributed by atoms with Crippen molar-refractivity contribution in [2.75, 3.05) is 13.6 Å². The van der Waals surface area contributed by atoms with Crippen molar-refractivity contribution in [3.63, 3.8) is 0 Å². The first-order chi connectivity index (χ1) is 10.5. The molecule has 114 valence electrons. The molecule has 2 rings (SSSR count). The standard InChI is InChI=1S/C17H19N3O2/c1-12(10-18)11-20(3)16(21)9-15-13(2)22-17(19-15)14-7-5-4-6-8-14/h4-8,12H,9,11H2,1-3H3/t12-/m1/s1. The van der Waals surface area contributed by atoms with Crippen molar-refractivity contribution >= 4 is 5.91 Å². The largest absolute Gasteiger partial charge is 0.441 e. The van der Waals surface area contributed by atoms with Gasteiger partial charge >= 0.3 is 0 Å². The van der Waals surface area contributed by atoms with E-state index >= 15 is 0 Å². The fraction of sp³-hybridized carbons (Fsp3) is 0.353. The van der Waals surface area contributed by atoms with Gasteiger partial charge in [0.1, 0.15) is 5.76 Å². The number of rotatable bonds is 5. The third-order valence-corrected chi connectivity index (χ3v) is 3.43. The molecular weight excluding hydrogens is 278 g/mol. The van der Waals surface area contributed by atoms with E-state index in [4.69, 9.17) is 9.68 Å². The van der Waals surface area contributed by atoms with Crippen LogP contribution >= 0.6 is 0 Å². The summed E-state index contributed by atoms with van der Waals surface area (Å²) < 4.78 is 5.65. The van der Waals surface area contributed by atoms with Crippen molar-refractivity contribution in [3.05, 3.63) is 41.8 Å². The van der Waals surface area contributed by atoms with E-state index < -0.39 is 0 Å². The minimum absolute atomic E-state index is 0.0712. The predicted molar refractivity (Wildman–Crippen MR) is 82.8 cm³/mol. The number of oxazole rings is 1. The summed E-state index contributed by atoms with van der Waals surface area (Å²) >= 11 is 0. The lowest BCUT2D eigenvalue weighted by Gasteiger charge is -2.17. The molecule has 0 saturated carbocycles. The molecule has 1 aromatic carbocycles. The summed E-state index contributed by atoms with van der Waals surface area (Å²) in [6.45, 7) is 4.01. The number of hydrogen-bond acceptors (Lipinski definition) is 4. The zero-order valence-corrected chi connectivity index (χ0v) is 13.0. The first-order valence-electron chi connectivity index (χ1n) is 7.16. The number of carbonyl (C=O) groups is 1. The molecule has 22 heavy (non-hydrogen) atoms. The Balaban J connectivity index is 2.09. The Morgan fingerprint density at radius 2 is 2.09 bits per heavy atom. The summed E-state index contributed by atoms with van der Waals surface area (Å²) in [5.74, 6) is 0.910. The molecule has 0 aliphatic carbocycles. The molecule has 1 amide bonds. The van der Waals surface area contributed by atoms with E-state index in [9.17, 15) is 4.79 Å². The molecular formula is C17H19N3O2. The van der Waals surface area contributed by atoms with Gasteiger partial charge in [0.25, 0.3) is 0 Å². The number of nitrogens with zero attached hydrogens (tertiary/aromatic N) is 3. The molecule has 0 spiro atoms. The van der Waals surface area contributed by atoms with Gasteiger partial charge in [0, 0.05) is 19.2 Å². The van der Waals surface area contributed by atoms with Gasteiger partial charge in [0.15, 0.2) is 0 Å². The van der Waals surface area contributed by atoms with Crippen molar-refractivity contribution < 1.29 is 9.21 Å². The van der Waals surface area contributed by atoms with Crippen LogP contribution in [0.1, 0.15) is 18.4 Å². The number of nitriles is 1. The highest BCUT2D eigenvalue weighted by Gasteiger charge is 2.18. The maximum Gasteiger partial charge on any atom is 0.228 e. The van der Waals surface area contributed by atoms with Crippen LogP contribution in [-0.2, 0) is 11.2 Å². The highest BCUT2D eigenvalue weighted by molar-refractivity contribution is 5.78. The second-order valence-electron chi connectivity index (χ2n) is 5.37. The van der Waals surface area contributed by atoms with Crippen LogP contribution < -0.4 is 0 Å². The van der Waals surface area contributed by atoms with Gasteiger partial charge < -0.3 is 9.32 Å². The Morgan fingerprint density at radius 3 is 2.73 bits per heavy atom. The van der Waals surface area contributed by atoms with Gasteiger partial charge in [-0.2, -0.15) is 5.26 Å². The van der Waals surface area contributed by atoms with E-state index in [2.05, 4.69) is 11.1 Å². The smallest absolute Gasteiger partial charge is 0.228 e. The van der Waals surface area contributed by atoms with Crippen LogP contribution in [0.15, 0.2) is 34.7 Å². The molecule has 0 N–H and O–H groups in total. The van der Waals surface area contributed by atoms with Crippen molar-refractivity contribution in [1.29, 1.82) is 5.26 Å². The number of amides is 1. The normalized spacial score (nSPS) is 11.7. The van der Waals surface area contributed by atoms with Crippen LogP contribution in [0.2, 0.25) is 0 Å². The van der Waals surface area contributed by atoms with Gasteiger partial charge in [-0.3, -0.25) is 4.79 Å². The molecule has 0 bridgehead atoms. The SMILES string of the molecule is Cc1oc(-c2ccccc2)nc1CC(=O)N(C)C[C@H](C)C#N.